The summed E-state index contributed by atoms with van der Waals surface area (Å²) in [5.41, 5.74) is 6.24. The summed E-state index contributed by atoms with van der Waals surface area (Å²) in [5.74, 6) is 1.03. The molecule has 0 N–H and O–H groups in total. The molecule has 3 aromatic rings. The third-order valence-corrected chi connectivity index (χ3v) is 3.34. The minimum atomic E-state index is 1.03. The molecule has 2 heteroatoms. The third kappa shape index (κ3) is 1.61. The van der Waals surface area contributed by atoms with Crippen molar-refractivity contribution in [3.05, 3.63) is 59.4 Å². The molecule has 0 aliphatic carbocycles. The molecule has 1 aromatic carbocycles. The van der Waals surface area contributed by atoms with E-state index in [2.05, 4.69) is 54.6 Å². The predicted octanol–water partition coefficient (Wildman–Crippen LogP) is 3.93. The number of hydrogen-bond acceptors (Lipinski definition) is 1. The number of aryl methyl sites for hydroxylation is 3. The van der Waals surface area contributed by atoms with Crippen LogP contribution in [-0.2, 0) is 0 Å². The highest BCUT2D eigenvalue weighted by atomic mass is 15.0. The Kier molecular flexibility index (Phi) is 2.44. The van der Waals surface area contributed by atoms with Crippen LogP contribution in [0.5, 0.6) is 0 Å². The van der Waals surface area contributed by atoms with Gasteiger partial charge in [-0.1, -0.05) is 23.8 Å². The van der Waals surface area contributed by atoms with Crippen LogP contribution in [0.15, 0.2) is 42.7 Å². The molecule has 0 spiro atoms. The molecule has 0 aliphatic heterocycles. The van der Waals surface area contributed by atoms with E-state index in [9.17, 15) is 0 Å². The van der Waals surface area contributed by atoms with E-state index in [4.69, 9.17) is 0 Å². The van der Waals surface area contributed by atoms with Crippen LogP contribution in [0, 0.1) is 20.8 Å². The van der Waals surface area contributed by atoms with Crippen LogP contribution in [0.3, 0.4) is 0 Å². The van der Waals surface area contributed by atoms with Crippen LogP contribution < -0.4 is 0 Å². The van der Waals surface area contributed by atoms with Crippen molar-refractivity contribution in [2.24, 2.45) is 0 Å². The van der Waals surface area contributed by atoms with E-state index in [1.54, 1.807) is 0 Å². The summed E-state index contributed by atoms with van der Waals surface area (Å²) in [5, 5.41) is 0. The molecule has 90 valence electrons. The highest BCUT2D eigenvalue weighted by Gasteiger charge is 2.11. The molecule has 0 fully saturated rings. The molecule has 0 unspecified atom stereocenters. The summed E-state index contributed by atoms with van der Waals surface area (Å²) in [6.07, 6.45) is 3.99. The van der Waals surface area contributed by atoms with Gasteiger partial charge in [-0.15, -0.1) is 0 Å². The van der Waals surface area contributed by atoms with Gasteiger partial charge < -0.3 is 0 Å². The molecule has 0 saturated heterocycles. The fourth-order valence-electron chi connectivity index (χ4n) is 2.66. The van der Waals surface area contributed by atoms with Crippen LogP contribution in [0.25, 0.3) is 16.9 Å². The topological polar surface area (TPSA) is 17.3 Å². The van der Waals surface area contributed by atoms with Crippen molar-refractivity contribution in [1.82, 2.24) is 9.38 Å². The maximum Gasteiger partial charge on any atom is 0.145 e. The molecule has 2 aromatic heterocycles. The zero-order valence-corrected chi connectivity index (χ0v) is 10.9. The van der Waals surface area contributed by atoms with Gasteiger partial charge in [0, 0.05) is 11.8 Å². The second kappa shape index (κ2) is 3.98. The SMILES string of the molecule is Cc1cc(C)c(-c2ncc3ccccn23)c(C)c1. The monoisotopic (exact) mass is 236 g/mol. The summed E-state index contributed by atoms with van der Waals surface area (Å²) in [6, 6.07) is 10.6. The predicted molar refractivity (Wildman–Crippen MR) is 74.8 cm³/mol. The van der Waals surface area contributed by atoms with E-state index in [0.29, 0.717) is 0 Å². The number of aromatic nitrogens is 2. The van der Waals surface area contributed by atoms with Crippen molar-refractivity contribution < 1.29 is 0 Å². The van der Waals surface area contributed by atoms with Crippen LogP contribution in [0.1, 0.15) is 16.7 Å². The Balaban J connectivity index is 2.33. The highest BCUT2D eigenvalue weighted by Crippen LogP contribution is 2.27. The number of nitrogens with zero attached hydrogens (tertiary/aromatic N) is 2. The van der Waals surface area contributed by atoms with Gasteiger partial charge in [-0.25, -0.2) is 4.98 Å². The van der Waals surface area contributed by atoms with E-state index >= 15 is 0 Å². The average Bonchev–Trinajstić information content (AvgIpc) is 2.72. The Bertz CT molecular complexity index is 700. The first-order valence-corrected chi connectivity index (χ1v) is 6.17. The van der Waals surface area contributed by atoms with Gasteiger partial charge >= 0.3 is 0 Å². The van der Waals surface area contributed by atoms with Crippen LogP contribution in [0.2, 0.25) is 0 Å². The normalized spacial score (nSPS) is 11.1. The fourth-order valence-corrected chi connectivity index (χ4v) is 2.66. The van der Waals surface area contributed by atoms with Crippen molar-refractivity contribution in [2.75, 3.05) is 0 Å². The zero-order valence-electron chi connectivity index (χ0n) is 10.9. The van der Waals surface area contributed by atoms with Gasteiger partial charge in [0.1, 0.15) is 5.82 Å². The van der Waals surface area contributed by atoms with Gasteiger partial charge in [-0.05, 0) is 44.0 Å². The van der Waals surface area contributed by atoms with Crippen molar-refractivity contribution in [3.8, 4) is 11.4 Å². The Morgan fingerprint density at radius 1 is 1.00 bits per heavy atom. The maximum atomic E-state index is 4.58. The number of imidazole rings is 1. The van der Waals surface area contributed by atoms with Crippen LogP contribution in [0.4, 0.5) is 0 Å². The molecule has 0 aliphatic rings. The van der Waals surface area contributed by atoms with Gasteiger partial charge in [0.05, 0.1) is 11.7 Å². The van der Waals surface area contributed by atoms with E-state index in [0.717, 1.165) is 11.3 Å². The minimum absolute atomic E-state index is 1.03. The van der Waals surface area contributed by atoms with E-state index in [1.165, 1.54) is 22.3 Å². The second-order valence-electron chi connectivity index (χ2n) is 4.85. The largest absolute Gasteiger partial charge is 0.300 e. The first-order valence-electron chi connectivity index (χ1n) is 6.17. The van der Waals surface area contributed by atoms with Gasteiger partial charge in [-0.2, -0.15) is 0 Å². The lowest BCUT2D eigenvalue weighted by Gasteiger charge is -2.10. The number of pyridine rings is 1. The number of benzene rings is 1. The zero-order chi connectivity index (χ0) is 12.7. The number of hydrogen-bond donors (Lipinski definition) is 0. The van der Waals surface area contributed by atoms with E-state index in [-0.39, 0.29) is 0 Å². The lowest BCUT2D eigenvalue weighted by Crippen LogP contribution is -1.95. The average molecular weight is 236 g/mol. The molecule has 0 saturated carbocycles. The lowest BCUT2D eigenvalue weighted by atomic mass is 9.99. The van der Waals surface area contributed by atoms with Crippen molar-refractivity contribution in [1.29, 1.82) is 0 Å². The maximum absolute atomic E-state index is 4.58. The third-order valence-electron chi connectivity index (χ3n) is 3.34. The molecule has 0 amide bonds. The van der Waals surface area contributed by atoms with Gasteiger partial charge in [-0.3, -0.25) is 4.40 Å². The number of fused-ring (bicyclic) bond motifs is 1. The Morgan fingerprint density at radius 3 is 2.44 bits per heavy atom. The molecule has 2 nitrogen and oxygen atoms in total. The van der Waals surface area contributed by atoms with E-state index in [1.807, 2.05) is 18.3 Å². The molecular weight excluding hydrogens is 220 g/mol. The molecule has 0 bridgehead atoms. The van der Waals surface area contributed by atoms with Crippen molar-refractivity contribution in [3.63, 3.8) is 0 Å². The first-order chi connectivity index (χ1) is 8.66. The lowest BCUT2D eigenvalue weighted by molar-refractivity contribution is 1.14. The Hall–Kier alpha value is -2.09. The van der Waals surface area contributed by atoms with Gasteiger partial charge in [0.2, 0.25) is 0 Å². The van der Waals surface area contributed by atoms with Gasteiger partial charge in [0.25, 0.3) is 0 Å². The first kappa shape index (κ1) is 11.0. The molecule has 18 heavy (non-hydrogen) atoms. The molecule has 3 rings (SSSR count). The van der Waals surface area contributed by atoms with E-state index < -0.39 is 0 Å². The molecule has 2 heterocycles. The van der Waals surface area contributed by atoms with Crippen molar-refractivity contribution in [2.45, 2.75) is 20.8 Å². The minimum Gasteiger partial charge on any atom is -0.300 e. The van der Waals surface area contributed by atoms with Crippen molar-refractivity contribution >= 4 is 5.52 Å². The van der Waals surface area contributed by atoms with Gasteiger partial charge in [0.15, 0.2) is 0 Å². The summed E-state index contributed by atoms with van der Waals surface area (Å²) < 4.78 is 2.14. The second-order valence-corrected chi connectivity index (χ2v) is 4.85. The summed E-state index contributed by atoms with van der Waals surface area (Å²) >= 11 is 0. The summed E-state index contributed by atoms with van der Waals surface area (Å²) in [7, 11) is 0. The highest BCUT2D eigenvalue weighted by molar-refractivity contribution is 5.69. The van der Waals surface area contributed by atoms with Crippen LogP contribution >= 0.6 is 0 Å². The molecule has 0 atom stereocenters. The molecular formula is C16H16N2. The Labute approximate surface area is 107 Å². The Morgan fingerprint density at radius 2 is 1.72 bits per heavy atom. The smallest absolute Gasteiger partial charge is 0.145 e. The van der Waals surface area contributed by atoms with Crippen LogP contribution in [-0.4, -0.2) is 9.38 Å². The number of rotatable bonds is 1. The standard InChI is InChI=1S/C16H16N2/c1-11-8-12(2)15(13(3)9-11)16-17-10-14-6-4-5-7-18(14)16/h4-10H,1-3H3. The summed E-state index contributed by atoms with van der Waals surface area (Å²) in [6.45, 7) is 6.44. The fraction of sp³-hybridized carbons (Fsp3) is 0.188. The summed E-state index contributed by atoms with van der Waals surface area (Å²) in [4.78, 5) is 4.58. The molecule has 0 radical (unpaired) electrons. The quantitative estimate of drug-likeness (QED) is 0.626.